The van der Waals surface area contributed by atoms with Crippen LogP contribution in [-0.2, 0) is 0 Å². The molecule has 0 N–H and O–H groups in total. The number of hydrogen-bond acceptors (Lipinski definition) is 1. The first-order chi connectivity index (χ1) is 9.31. The standard InChI is InChI=1S/C18H13N/c1-12-18-11-17-9-14-5-3-2-4-13(14)8-16(17)10-15(18)6-7-19-12/h2-11H,1H3. The van der Waals surface area contributed by atoms with Crippen molar-refractivity contribution in [1.82, 2.24) is 4.98 Å². The van der Waals surface area contributed by atoms with Gasteiger partial charge in [-0.05, 0) is 64.2 Å². The normalized spacial score (nSPS) is 11.4. The Morgan fingerprint density at radius 2 is 1.32 bits per heavy atom. The largest absolute Gasteiger partial charge is 0.261 e. The van der Waals surface area contributed by atoms with Crippen LogP contribution in [0.1, 0.15) is 5.69 Å². The number of benzene rings is 3. The summed E-state index contributed by atoms with van der Waals surface area (Å²) < 4.78 is 0. The van der Waals surface area contributed by atoms with E-state index >= 15 is 0 Å². The fourth-order valence-electron chi connectivity index (χ4n) is 2.76. The second kappa shape index (κ2) is 3.79. The summed E-state index contributed by atoms with van der Waals surface area (Å²) in [4.78, 5) is 4.38. The predicted octanol–water partition coefficient (Wildman–Crippen LogP) is 4.85. The van der Waals surface area contributed by atoms with Crippen LogP contribution in [-0.4, -0.2) is 4.98 Å². The Morgan fingerprint density at radius 3 is 2.05 bits per heavy atom. The molecule has 0 unspecified atom stereocenters. The molecule has 0 amide bonds. The molecule has 0 aliphatic heterocycles. The Morgan fingerprint density at radius 1 is 0.684 bits per heavy atom. The van der Waals surface area contributed by atoms with Gasteiger partial charge >= 0.3 is 0 Å². The van der Waals surface area contributed by atoms with E-state index < -0.39 is 0 Å². The Hall–Kier alpha value is -2.41. The van der Waals surface area contributed by atoms with Crippen molar-refractivity contribution in [1.29, 1.82) is 0 Å². The lowest BCUT2D eigenvalue weighted by atomic mass is 10.00. The average molecular weight is 243 g/mol. The number of aromatic nitrogens is 1. The smallest absolute Gasteiger partial charge is 0.0451 e. The third-order valence-electron chi connectivity index (χ3n) is 3.79. The molecule has 0 aliphatic carbocycles. The zero-order chi connectivity index (χ0) is 12.8. The second-order valence-electron chi connectivity index (χ2n) is 5.02. The Bertz CT molecular complexity index is 922. The first kappa shape index (κ1) is 10.5. The van der Waals surface area contributed by atoms with Crippen LogP contribution in [0.4, 0.5) is 0 Å². The first-order valence-corrected chi connectivity index (χ1v) is 6.49. The molecule has 1 heterocycles. The van der Waals surface area contributed by atoms with Gasteiger partial charge in [-0.15, -0.1) is 0 Å². The van der Waals surface area contributed by atoms with E-state index in [0.717, 1.165) is 5.69 Å². The molecule has 0 fully saturated rings. The summed E-state index contributed by atoms with van der Waals surface area (Å²) >= 11 is 0. The van der Waals surface area contributed by atoms with Gasteiger partial charge in [0.05, 0.1) is 0 Å². The zero-order valence-corrected chi connectivity index (χ0v) is 10.7. The monoisotopic (exact) mass is 243 g/mol. The molecule has 0 saturated heterocycles. The minimum Gasteiger partial charge on any atom is -0.261 e. The third kappa shape index (κ3) is 1.59. The van der Waals surface area contributed by atoms with Crippen LogP contribution in [0.2, 0.25) is 0 Å². The molecule has 3 aromatic carbocycles. The van der Waals surface area contributed by atoms with Crippen LogP contribution in [0.25, 0.3) is 32.3 Å². The highest BCUT2D eigenvalue weighted by atomic mass is 14.7. The lowest BCUT2D eigenvalue weighted by Gasteiger charge is -2.06. The molecule has 1 aromatic heterocycles. The quantitative estimate of drug-likeness (QED) is 0.402. The molecule has 90 valence electrons. The molecule has 1 heteroatoms. The van der Waals surface area contributed by atoms with E-state index in [9.17, 15) is 0 Å². The van der Waals surface area contributed by atoms with Crippen molar-refractivity contribution < 1.29 is 0 Å². The molecular formula is C18H13N. The second-order valence-corrected chi connectivity index (χ2v) is 5.02. The molecular weight excluding hydrogens is 230 g/mol. The number of pyridine rings is 1. The van der Waals surface area contributed by atoms with Crippen LogP contribution in [0, 0.1) is 6.92 Å². The van der Waals surface area contributed by atoms with Gasteiger partial charge in [0.15, 0.2) is 0 Å². The molecule has 1 nitrogen and oxygen atoms in total. The molecule has 0 bridgehead atoms. The third-order valence-corrected chi connectivity index (χ3v) is 3.79. The first-order valence-electron chi connectivity index (χ1n) is 6.49. The molecule has 19 heavy (non-hydrogen) atoms. The fraction of sp³-hybridized carbons (Fsp3) is 0.0556. The highest BCUT2D eigenvalue weighted by Gasteiger charge is 2.02. The molecule has 4 rings (SSSR count). The molecule has 4 aromatic rings. The van der Waals surface area contributed by atoms with Crippen molar-refractivity contribution in [2.45, 2.75) is 6.92 Å². The topological polar surface area (TPSA) is 12.9 Å². The van der Waals surface area contributed by atoms with Crippen molar-refractivity contribution in [2.75, 3.05) is 0 Å². The highest BCUT2D eigenvalue weighted by Crippen LogP contribution is 2.28. The molecule has 0 radical (unpaired) electrons. The van der Waals surface area contributed by atoms with Gasteiger partial charge in [-0.2, -0.15) is 0 Å². The summed E-state index contributed by atoms with van der Waals surface area (Å²) in [6.07, 6.45) is 1.88. The zero-order valence-electron chi connectivity index (χ0n) is 10.7. The minimum atomic E-state index is 1.09. The average Bonchev–Trinajstić information content (AvgIpc) is 2.44. The lowest BCUT2D eigenvalue weighted by molar-refractivity contribution is 1.24. The van der Waals surface area contributed by atoms with Crippen LogP contribution < -0.4 is 0 Å². The van der Waals surface area contributed by atoms with Crippen molar-refractivity contribution in [2.24, 2.45) is 0 Å². The summed E-state index contributed by atoms with van der Waals surface area (Å²) in [6, 6.07) is 19.6. The van der Waals surface area contributed by atoms with Gasteiger partial charge in [0, 0.05) is 17.3 Å². The summed E-state index contributed by atoms with van der Waals surface area (Å²) in [6.45, 7) is 2.06. The molecule has 0 atom stereocenters. The maximum absolute atomic E-state index is 4.38. The van der Waals surface area contributed by atoms with Gasteiger partial charge in [0.25, 0.3) is 0 Å². The van der Waals surface area contributed by atoms with E-state index in [-0.39, 0.29) is 0 Å². The van der Waals surface area contributed by atoms with E-state index in [0.29, 0.717) is 0 Å². The van der Waals surface area contributed by atoms with Gasteiger partial charge in [-0.3, -0.25) is 4.98 Å². The fourth-order valence-corrected chi connectivity index (χ4v) is 2.76. The number of rotatable bonds is 0. The summed E-state index contributed by atoms with van der Waals surface area (Å²) in [5.74, 6) is 0. The van der Waals surface area contributed by atoms with E-state index in [1.807, 2.05) is 6.20 Å². The lowest BCUT2D eigenvalue weighted by Crippen LogP contribution is -1.84. The van der Waals surface area contributed by atoms with Gasteiger partial charge in [-0.1, -0.05) is 24.3 Å². The van der Waals surface area contributed by atoms with Crippen molar-refractivity contribution >= 4 is 32.3 Å². The van der Waals surface area contributed by atoms with Gasteiger partial charge in [0.2, 0.25) is 0 Å². The van der Waals surface area contributed by atoms with Crippen LogP contribution in [0.15, 0.2) is 60.8 Å². The number of fused-ring (bicyclic) bond motifs is 3. The Labute approximate surface area is 111 Å². The van der Waals surface area contributed by atoms with Crippen LogP contribution >= 0.6 is 0 Å². The van der Waals surface area contributed by atoms with E-state index in [1.165, 1.54) is 32.3 Å². The minimum absolute atomic E-state index is 1.09. The van der Waals surface area contributed by atoms with E-state index in [2.05, 4.69) is 66.5 Å². The number of nitrogens with zero attached hydrogens (tertiary/aromatic N) is 1. The summed E-state index contributed by atoms with van der Waals surface area (Å²) in [5.41, 5.74) is 1.09. The molecule has 0 spiro atoms. The highest BCUT2D eigenvalue weighted by molar-refractivity contribution is 6.05. The number of hydrogen-bond donors (Lipinski definition) is 0. The molecule has 0 aliphatic rings. The SMILES string of the molecule is Cc1nccc2cc3cc4ccccc4cc3cc12. The Balaban J connectivity index is 2.20. The maximum Gasteiger partial charge on any atom is 0.0451 e. The van der Waals surface area contributed by atoms with Crippen LogP contribution in [0.5, 0.6) is 0 Å². The predicted molar refractivity (Wildman–Crippen MR) is 81.5 cm³/mol. The van der Waals surface area contributed by atoms with Gasteiger partial charge < -0.3 is 0 Å². The van der Waals surface area contributed by atoms with Crippen LogP contribution in [0.3, 0.4) is 0 Å². The van der Waals surface area contributed by atoms with E-state index in [1.54, 1.807) is 0 Å². The summed E-state index contributed by atoms with van der Waals surface area (Å²) in [7, 11) is 0. The maximum atomic E-state index is 4.38. The molecule has 0 saturated carbocycles. The van der Waals surface area contributed by atoms with Crippen molar-refractivity contribution in [3.05, 3.63) is 66.5 Å². The summed E-state index contributed by atoms with van der Waals surface area (Å²) in [5, 5.41) is 7.65. The van der Waals surface area contributed by atoms with Crippen molar-refractivity contribution in [3.63, 3.8) is 0 Å². The van der Waals surface area contributed by atoms with Crippen molar-refractivity contribution in [3.8, 4) is 0 Å². The Kier molecular flexibility index (Phi) is 2.10. The van der Waals surface area contributed by atoms with E-state index in [4.69, 9.17) is 0 Å². The van der Waals surface area contributed by atoms with Gasteiger partial charge in [0.1, 0.15) is 0 Å². The van der Waals surface area contributed by atoms with Gasteiger partial charge in [-0.25, -0.2) is 0 Å². The number of aryl methyl sites for hydroxylation is 1.